The van der Waals surface area contributed by atoms with E-state index in [0.717, 1.165) is 5.56 Å². The zero-order valence-electron chi connectivity index (χ0n) is 9.07. The molecule has 1 heterocycles. The van der Waals surface area contributed by atoms with Crippen LogP contribution in [-0.2, 0) is 9.59 Å². The monoisotopic (exact) mass is 218 g/mol. The van der Waals surface area contributed by atoms with E-state index in [1.807, 2.05) is 30.3 Å². The Morgan fingerprint density at radius 1 is 1.38 bits per heavy atom. The van der Waals surface area contributed by atoms with E-state index in [-0.39, 0.29) is 17.7 Å². The topological polar surface area (TPSA) is 58.2 Å². The Hall–Kier alpha value is -1.84. The molecule has 0 aliphatic carbocycles. The molecule has 1 saturated heterocycles. The van der Waals surface area contributed by atoms with Crippen molar-refractivity contribution in [3.05, 3.63) is 35.9 Å². The third kappa shape index (κ3) is 2.05. The van der Waals surface area contributed by atoms with Gasteiger partial charge in [-0.3, -0.25) is 9.59 Å². The van der Waals surface area contributed by atoms with Crippen LogP contribution in [0.25, 0.3) is 0 Å². The van der Waals surface area contributed by atoms with Crippen molar-refractivity contribution in [1.82, 2.24) is 10.6 Å². The predicted octanol–water partition coefficient (Wildman–Crippen LogP) is 0.405. The maximum Gasteiger partial charge on any atom is 0.243 e. The van der Waals surface area contributed by atoms with Gasteiger partial charge in [-0.25, -0.2) is 0 Å². The molecule has 16 heavy (non-hydrogen) atoms. The van der Waals surface area contributed by atoms with Gasteiger partial charge in [0.1, 0.15) is 6.04 Å². The second kappa shape index (κ2) is 4.35. The highest BCUT2D eigenvalue weighted by molar-refractivity contribution is 5.89. The summed E-state index contributed by atoms with van der Waals surface area (Å²) in [4.78, 5) is 22.6. The number of carbonyl (C=O) groups excluding carboxylic acids is 2. The number of benzene rings is 1. The van der Waals surface area contributed by atoms with Crippen molar-refractivity contribution in [2.24, 2.45) is 0 Å². The summed E-state index contributed by atoms with van der Waals surface area (Å²) >= 11 is 0. The van der Waals surface area contributed by atoms with Crippen LogP contribution in [0.3, 0.4) is 0 Å². The molecule has 1 aromatic rings. The van der Waals surface area contributed by atoms with Gasteiger partial charge in [0.05, 0.1) is 0 Å². The summed E-state index contributed by atoms with van der Waals surface area (Å²) in [5.41, 5.74) is 1.07. The summed E-state index contributed by atoms with van der Waals surface area (Å²) in [6, 6.07) is 9.30. The van der Waals surface area contributed by atoms with Gasteiger partial charge in [0.25, 0.3) is 0 Å². The summed E-state index contributed by atoms with van der Waals surface area (Å²) < 4.78 is 0. The van der Waals surface area contributed by atoms with Gasteiger partial charge in [-0.05, 0) is 5.56 Å². The molecule has 4 heteroatoms. The molecule has 0 radical (unpaired) electrons. The molecule has 0 bridgehead atoms. The van der Waals surface area contributed by atoms with Gasteiger partial charge >= 0.3 is 0 Å². The Morgan fingerprint density at radius 3 is 2.69 bits per heavy atom. The van der Waals surface area contributed by atoms with E-state index in [1.54, 1.807) is 0 Å². The lowest BCUT2D eigenvalue weighted by Gasteiger charge is -2.17. The SMILES string of the molecule is CC(=O)NC1C(=O)NCC1c1ccccc1. The van der Waals surface area contributed by atoms with Crippen LogP contribution in [0, 0.1) is 0 Å². The quantitative estimate of drug-likeness (QED) is 0.755. The van der Waals surface area contributed by atoms with Crippen molar-refractivity contribution in [3.63, 3.8) is 0 Å². The van der Waals surface area contributed by atoms with Crippen LogP contribution in [0.1, 0.15) is 18.4 Å². The predicted molar refractivity (Wildman–Crippen MR) is 59.8 cm³/mol. The van der Waals surface area contributed by atoms with E-state index < -0.39 is 6.04 Å². The molecule has 4 nitrogen and oxygen atoms in total. The first kappa shape index (κ1) is 10.7. The lowest BCUT2D eigenvalue weighted by molar-refractivity contribution is -0.126. The van der Waals surface area contributed by atoms with E-state index in [4.69, 9.17) is 0 Å². The Balaban J connectivity index is 2.21. The highest BCUT2D eigenvalue weighted by Crippen LogP contribution is 2.23. The fourth-order valence-corrected chi connectivity index (χ4v) is 2.02. The highest BCUT2D eigenvalue weighted by atomic mass is 16.2. The molecule has 1 aromatic carbocycles. The molecule has 0 aromatic heterocycles. The van der Waals surface area contributed by atoms with Crippen molar-refractivity contribution in [1.29, 1.82) is 0 Å². The number of amides is 2. The molecule has 2 unspecified atom stereocenters. The molecule has 84 valence electrons. The Bertz CT molecular complexity index is 403. The Labute approximate surface area is 94.0 Å². The number of hydrogen-bond acceptors (Lipinski definition) is 2. The van der Waals surface area contributed by atoms with Gasteiger partial charge in [-0.15, -0.1) is 0 Å². The second-order valence-corrected chi connectivity index (χ2v) is 3.94. The molecule has 0 saturated carbocycles. The number of rotatable bonds is 2. The zero-order valence-corrected chi connectivity index (χ0v) is 9.07. The molecule has 1 fully saturated rings. The van der Waals surface area contributed by atoms with E-state index in [2.05, 4.69) is 10.6 Å². The van der Waals surface area contributed by atoms with Crippen molar-refractivity contribution < 1.29 is 9.59 Å². The third-order valence-electron chi connectivity index (χ3n) is 2.77. The Morgan fingerprint density at radius 2 is 2.06 bits per heavy atom. The van der Waals surface area contributed by atoms with Gasteiger partial charge in [0.15, 0.2) is 0 Å². The second-order valence-electron chi connectivity index (χ2n) is 3.94. The van der Waals surface area contributed by atoms with Gasteiger partial charge in [-0.2, -0.15) is 0 Å². The standard InChI is InChI=1S/C12H14N2O2/c1-8(15)14-11-10(7-13-12(11)16)9-5-3-2-4-6-9/h2-6,10-11H,7H2,1H3,(H,13,16)(H,14,15). The highest BCUT2D eigenvalue weighted by Gasteiger charge is 2.35. The normalized spacial score (nSPS) is 23.9. The van der Waals surface area contributed by atoms with Crippen LogP contribution in [0.4, 0.5) is 0 Å². The van der Waals surface area contributed by atoms with Crippen molar-refractivity contribution in [2.45, 2.75) is 18.9 Å². The molecule has 2 N–H and O–H groups in total. The average molecular weight is 218 g/mol. The van der Waals surface area contributed by atoms with Crippen molar-refractivity contribution >= 4 is 11.8 Å². The van der Waals surface area contributed by atoms with Gasteiger partial charge in [0.2, 0.25) is 11.8 Å². The maximum atomic E-state index is 11.6. The lowest BCUT2D eigenvalue weighted by atomic mass is 9.94. The number of hydrogen-bond donors (Lipinski definition) is 2. The van der Waals surface area contributed by atoms with Gasteiger partial charge in [-0.1, -0.05) is 30.3 Å². The summed E-state index contributed by atoms with van der Waals surface area (Å²) in [7, 11) is 0. The van der Waals surface area contributed by atoms with Crippen LogP contribution >= 0.6 is 0 Å². The van der Waals surface area contributed by atoms with Gasteiger partial charge < -0.3 is 10.6 Å². The minimum Gasteiger partial charge on any atom is -0.354 e. The summed E-state index contributed by atoms with van der Waals surface area (Å²) in [6.07, 6.45) is 0. The molecular formula is C12H14N2O2. The first-order chi connectivity index (χ1) is 7.68. The molecule has 2 amide bonds. The van der Waals surface area contributed by atoms with E-state index in [1.165, 1.54) is 6.92 Å². The van der Waals surface area contributed by atoms with Crippen molar-refractivity contribution in [3.8, 4) is 0 Å². The van der Waals surface area contributed by atoms with Crippen LogP contribution in [0.5, 0.6) is 0 Å². The minimum atomic E-state index is -0.445. The van der Waals surface area contributed by atoms with Crippen LogP contribution < -0.4 is 10.6 Å². The first-order valence-electron chi connectivity index (χ1n) is 5.28. The lowest BCUT2D eigenvalue weighted by Crippen LogP contribution is -2.41. The van der Waals surface area contributed by atoms with E-state index in [9.17, 15) is 9.59 Å². The smallest absolute Gasteiger partial charge is 0.243 e. The molecule has 1 aliphatic rings. The summed E-state index contributed by atoms with van der Waals surface area (Å²) in [5, 5.41) is 5.46. The maximum absolute atomic E-state index is 11.6. The molecular weight excluding hydrogens is 204 g/mol. The van der Waals surface area contributed by atoms with E-state index in [0.29, 0.717) is 6.54 Å². The summed E-state index contributed by atoms with van der Waals surface area (Å²) in [5.74, 6) is -0.260. The zero-order chi connectivity index (χ0) is 11.5. The van der Waals surface area contributed by atoms with Crippen LogP contribution in [0.2, 0.25) is 0 Å². The fraction of sp³-hybridized carbons (Fsp3) is 0.333. The average Bonchev–Trinajstić information content (AvgIpc) is 2.61. The molecule has 1 aliphatic heterocycles. The third-order valence-corrected chi connectivity index (χ3v) is 2.77. The Kier molecular flexibility index (Phi) is 2.90. The summed E-state index contributed by atoms with van der Waals surface area (Å²) in [6.45, 7) is 2.00. The van der Waals surface area contributed by atoms with Gasteiger partial charge in [0, 0.05) is 19.4 Å². The number of carbonyl (C=O) groups is 2. The largest absolute Gasteiger partial charge is 0.354 e. The fourth-order valence-electron chi connectivity index (χ4n) is 2.02. The number of nitrogens with one attached hydrogen (secondary N) is 2. The first-order valence-corrected chi connectivity index (χ1v) is 5.28. The molecule has 2 atom stereocenters. The molecule has 2 rings (SSSR count). The van der Waals surface area contributed by atoms with E-state index >= 15 is 0 Å². The van der Waals surface area contributed by atoms with Crippen molar-refractivity contribution in [2.75, 3.05) is 6.54 Å². The van der Waals surface area contributed by atoms with Crippen LogP contribution in [0.15, 0.2) is 30.3 Å². The minimum absolute atomic E-state index is 0.0256. The van der Waals surface area contributed by atoms with Crippen LogP contribution in [-0.4, -0.2) is 24.4 Å². The molecule has 0 spiro atoms.